The SMILES string of the molecule is Cc1ccc(C(=O)NCC(=O)Nc2nnc(SCc3cccs3)s2)cc1C. The summed E-state index contributed by atoms with van der Waals surface area (Å²) in [7, 11) is 0. The Bertz CT molecular complexity index is 938. The molecule has 0 saturated heterocycles. The Balaban J connectivity index is 1.46. The van der Waals surface area contributed by atoms with Crippen LogP contribution in [-0.2, 0) is 10.5 Å². The van der Waals surface area contributed by atoms with E-state index in [2.05, 4.69) is 26.9 Å². The number of benzene rings is 1. The number of carbonyl (C=O) groups is 2. The molecule has 0 fully saturated rings. The molecular formula is C18H18N4O2S3. The molecule has 0 bridgehead atoms. The monoisotopic (exact) mass is 418 g/mol. The van der Waals surface area contributed by atoms with Crippen molar-refractivity contribution in [3.63, 3.8) is 0 Å². The summed E-state index contributed by atoms with van der Waals surface area (Å²) >= 11 is 4.59. The smallest absolute Gasteiger partial charge is 0.251 e. The van der Waals surface area contributed by atoms with E-state index in [0.717, 1.165) is 21.2 Å². The average molecular weight is 419 g/mol. The fourth-order valence-corrected chi connectivity index (χ4v) is 4.70. The fourth-order valence-electron chi connectivity index (χ4n) is 2.15. The first-order valence-electron chi connectivity index (χ1n) is 8.15. The van der Waals surface area contributed by atoms with Crippen molar-refractivity contribution in [1.82, 2.24) is 15.5 Å². The van der Waals surface area contributed by atoms with Gasteiger partial charge in [-0.2, -0.15) is 0 Å². The van der Waals surface area contributed by atoms with Gasteiger partial charge in [0.05, 0.1) is 6.54 Å². The number of carbonyl (C=O) groups excluding carboxylic acids is 2. The van der Waals surface area contributed by atoms with Gasteiger partial charge in [0.25, 0.3) is 5.91 Å². The maximum absolute atomic E-state index is 12.1. The van der Waals surface area contributed by atoms with E-state index in [-0.39, 0.29) is 18.4 Å². The summed E-state index contributed by atoms with van der Waals surface area (Å²) in [6.45, 7) is 3.81. The van der Waals surface area contributed by atoms with E-state index in [9.17, 15) is 9.59 Å². The van der Waals surface area contributed by atoms with Gasteiger partial charge in [-0.1, -0.05) is 35.2 Å². The fraction of sp³-hybridized carbons (Fsp3) is 0.222. The highest BCUT2D eigenvalue weighted by molar-refractivity contribution is 8.00. The number of anilines is 1. The van der Waals surface area contributed by atoms with Gasteiger partial charge >= 0.3 is 0 Å². The van der Waals surface area contributed by atoms with Crippen LogP contribution in [0, 0.1) is 13.8 Å². The third-order valence-corrected chi connectivity index (χ3v) is 6.83. The Morgan fingerprint density at radius 3 is 2.74 bits per heavy atom. The lowest BCUT2D eigenvalue weighted by Crippen LogP contribution is -2.32. The Kier molecular flexibility index (Phi) is 6.59. The van der Waals surface area contributed by atoms with Crippen LogP contribution >= 0.6 is 34.4 Å². The average Bonchev–Trinajstić information content (AvgIpc) is 3.32. The topological polar surface area (TPSA) is 84.0 Å². The predicted molar refractivity (Wildman–Crippen MR) is 111 cm³/mol. The minimum Gasteiger partial charge on any atom is -0.343 e. The molecule has 27 heavy (non-hydrogen) atoms. The Labute approximate surface area is 169 Å². The van der Waals surface area contributed by atoms with Crippen molar-refractivity contribution >= 4 is 51.4 Å². The number of nitrogens with one attached hydrogen (secondary N) is 2. The predicted octanol–water partition coefficient (Wildman–Crippen LogP) is 3.88. The lowest BCUT2D eigenvalue weighted by atomic mass is 10.1. The summed E-state index contributed by atoms with van der Waals surface area (Å²) in [6, 6.07) is 9.53. The van der Waals surface area contributed by atoms with E-state index in [1.807, 2.05) is 37.4 Å². The zero-order valence-electron chi connectivity index (χ0n) is 14.8. The van der Waals surface area contributed by atoms with E-state index >= 15 is 0 Å². The molecule has 0 aliphatic carbocycles. The largest absolute Gasteiger partial charge is 0.343 e. The van der Waals surface area contributed by atoms with Crippen LogP contribution in [-0.4, -0.2) is 28.6 Å². The third kappa shape index (κ3) is 5.62. The van der Waals surface area contributed by atoms with Gasteiger partial charge in [-0.15, -0.1) is 21.5 Å². The highest BCUT2D eigenvalue weighted by atomic mass is 32.2. The van der Waals surface area contributed by atoms with Crippen LogP contribution < -0.4 is 10.6 Å². The number of hydrogen-bond acceptors (Lipinski definition) is 7. The lowest BCUT2D eigenvalue weighted by Gasteiger charge is -2.07. The molecule has 0 aliphatic rings. The van der Waals surface area contributed by atoms with Gasteiger partial charge < -0.3 is 5.32 Å². The molecule has 140 valence electrons. The van der Waals surface area contributed by atoms with E-state index in [1.165, 1.54) is 16.2 Å². The van der Waals surface area contributed by atoms with Gasteiger partial charge in [0.2, 0.25) is 11.0 Å². The molecular weight excluding hydrogens is 400 g/mol. The number of thiophene rings is 1. The first-order chi connectivity index (χ1) is 13.0. The standard InChI is InChI=1S/C18H18N4O2S3/c1-11-5-6-13(8-12(11)2)16(24)19-9-15(23)20-17-21-22-18(27-17)26-10-14-4-3-7-25-14/h3-8H,9-10H2,1-2H3,(H,19,24)(H,20,21,23). The summed E-state index contributed by atoms with van der Waals surface area (Å²) in [6.07, 6.45) is 0. The molecule has 2 aromatic heterocycles. The second kappa shape index (κ2) is 9.12. The molecule has 0 saturated carbocycles. The molecule has 0 atom stereocenters. The first-order valence-corrected chi connectivity index (χ1v) is 10.8. The van der Waals surface area contributed by atoms with Gasteiger partial charge in [-0.05, 0) is 48.6 Å². The van der Waals surface area contributed by atoms with Crippen LogP contribution in [0.2, 0.25) is 0 Å². The number of amides is 2. The maximum atomic E-state index is 12.1. The highest BCUT2D eigenvalue weighted by Crippen LogP contribution is 2.29. The molecule has 9 heteroatoms. The quantitative estimate of drug-likeness (QED) is 0.449. The van der Waals surface area contributed by atoms with Gasteiger partial charge in [-0.25, -0.2) is 0 Å². The van der Waals surface area contributed by atoms with E-state index in [1.54, 1.807) is 29.2 Å². The second-order valence-corrected chi connectivity index (χ2v) is 9.00. The highest BCUT2D eigenvalue weighted by Gasteiger charge is 2.12. The summed E-state index contributed by atoms with van der Waals surface area (Å²) in [5.41, 5.74) is 2.69. The van der Waals surface area contributed by atoms with E-state index in [4.69, 9.17) is 0 Å². The molecule has 0 spiro atoms. The Hall–Kier alpha value is -2.23. The molecule has 0 radical (unpaired) electrons. The number of aromatic nitrogens is 2. The normalized spacial score (nSPS) is 10.6. The lowest BCUT2D eigenvalue weighted by molar-refractivity contribution is -0.115. The van der Waals surface area contributed by atoms with Crippen LogP contribution in [0.4, 0.5) is 5.13 Å². The van der Waals surface area contributed by atoms with Gasteiger partial charge in [0, 0.05) is 16.2 Å². The molecule has 6 nitrogen and oxygen atoms in total. The number of thioether (sulfide) groups is 1. The van der Waals surface area contributed by atoms with Crippen molar-refractivity contribution in [2.75, 3.05) is 11.9 Å². The van der Waals surface area contributed by atoms with Gasteiger partial charge in [0.15, 0.2) is 4.34 Å². The van der Waals surface area contributed by atoms with Crippen molar-refractivity contribution in [3.8, 4) is 0 Å². The zero-order valence-corrected chi connectivity index (χ0v) is 17.3. The van der Waals surface area contributed by atoms with E-state index < -0.39 is 0 Å². The molecule has 2 heterocycles. The first kappa shape index (κ1) is 19.5. The summed E-state index contributed by atoms with van der Waals surface area (Å²) in [5, 5.41) is 15.8. The summed E-state index contributed by atoms with van der Waals surface area (Å²) in [4.78, 5) is 25.4. The minimum atomic E-state index is -0.335. The molecule has 3 aromatic rings. The number of hydrogen-bond donors (Lipinski definition) is 2. The maximum Gasteiger partial charge on any atom is 0.251 e. The van der Waals surface area contributed by atoms with Crippen molar-refractivity contribution in [3.05, 3.63) is 57.3 Å². The van der Waals surface area contributed by atoms with Crippen LogP contribution in [0.15, 0.2) is 40.1 Å². The van der Waals surface area contributed by atoms with Crippen LogP contribution in [0.1, 0.15) is 26.4 Å². The van der Waals surface area contributed by atoms with Crippen LogP contribution in [0.25, 0.3) is 0 Å². The number of nitrogens with zero attached hydrogens (tertiary/aromatic N) is 2. The molecule has 3 rings (SSSR count). The second-order valence-electron chi connectivity index (χ2n) is 5.77. The molecule has 0 unspecified atom stereocenters. The van der Waals surface area contributed by atoms with Crippen molar-refractivity contribution in [2.24, 2.45) is 0 Å². The number of rotatable bonds is 7. The summed E-state index contributed by atoms with van der Waals surface area (Å²) in [5.74, 6) is 0.211. The van der Waals surface area contributed by atoms with Crippen molar-refractivity contribution in [1.29, 1.82) is 0 Å². The van der Waals surface area contributed by atoms with E-state index in [0.29, 0.717) is 10.7 Å². The van der Waals surface area contributed by atoms with Crippen LogP contribution in [0.3, 0.4) is 0 Å². The molecule has 2 amide bonds. The van der Waals surface area contributed by atoms with Gasteiger partial charge in [0.1, 0.15) is 0 Å². The minimum absolute atomic E-state index is 0.122. The molecule has 1 aromatic carbocycles. The van der Waals surface area contributed by atoms with Crippen molar-refractivity contribution in [2.45, 2.75) is 23.9 Å². The van der Waals surface area contributed by atoms with Gasteiger partial charge in [-0.3, -0.25) is 14.9 Å². The van der Waals surface area contributed by atoms with Crippen LogP contribution in [0.5, 0.6) is 0 Å². The molecule has 0 aliphatic heterocycles. The molecule has 2 N–H and O–H groups in total. The number of aryl methyl sites for hydroxylation is 2. The summed E-state index contributed by atoms with van der Waals surface area (Å²) < 4.78 is 0.790. The Morgan fingerprint density at radius 2 is 2.00 bits per heavy atom. The van der Waals surface area contributed by atoms with Crippen molar-refractivity contribution < 1.29 is 9.59 Å². The zero-order chi connectivity index (χ0) is 19.2. The Morgan fingerprint density at radius 1 is 1.15 bits per heavy atom. The third-order valence-electron chi connectivity index (χ3n) is 3.75.